The van der Waals surface area contributed by atoms with E-state index in [4.69, 9.17) is 9.15 Å². The summed E-state index contributed by atoms with van der Waals surface area (Å²) < 4.78 is 10.8. The maximum Gasteiger partial charge on any atom is 0.253 e. The van der Waals surface area contributed by atoms with Crippen LogP contribution in [0.15, 0.2) is 52.1 Å². The van der Waals surface area contributed by atoms with Crippen LogP contribution >= 0.6 is 0 Å². The molecule has 0 radical (unpaired) electrons. The van der Waals surface area contributed by atoms with Crippen LogP contribution in [0.1, 0.15) is 35.0 Å². The predicted molar refractivity (Wildman–Crippen MR) is 120 cm³/mol. The molecule has 2 aromatic rings. The van der Waals surface area contributed by atoms with Crippen LogP contribution in [0, 0.1) is 0 Å². The van der Waals surface area contributed by atoms with Gasteiger partial charge < -0.3 is 24.7 Å². The standard InChI is InChI=1S/C23H34N4O3/c1-4-29-16-7-13-24-23(26-15-12-21-10-6-17-30-21)25-14-11-19-8-5-9-20(18-19)22(28)27(2)3/h5-6,8-10,17-18H,4,7,11-16H2,1-3H3,(H2,24,25,26). The molecule has 1 heterocycles. The van der Waals surface area contributed by atoms with E-state index in [2.05, 4.69) is 15.6 Å². The molecule has 0 saturated carbocycles. The zero-order valence-electron chi connectivity index (χ0n) is 18.3. The fourth-order valence-corrected chi connectivity index (χ4v) is 2.88. The van der Waals surface area contributed by atoms with Crippen molar-refractivity contribution < 1.29 is 13.9 Å². The summed E-state index contributed by atoms with van der Waals surface area (Å²) in [6.45, 7) is 5.59. The van der Waals surface area contributed by atoms with Crippen LogP contribution in [0.2, 0.25) is 0 Å². The number of aliphatic imine (C=N–C) groups is 1. The van der Waals surface area contributed by atoms with Crippen LogP contribution < -0.4 is 10.6 Å². The van der Waals surface area contributed by atoms with E-state index in [1.54, 1.807) is 25.3 Å². The van der Waals surface area contributed by atoms with Crippen molar-refractivity contribution in [2.75, 3.05) is 46.9 Å². The molecule has 0 fully saturated rings. The van der Waals surface area contributed by atoms with Crippen molar-refractivity contribution >= 4 is 11.9 Å². The maximum atomic E-state index is 12.2. The van der Waals surface area contributed by atoms with Gasteiger partial charge in [-0.15, -0.1) is 0 Å². The smallest absolute Gasteiger partial charge is 0.253 e. The number of carbonyl (C=O) groups excluding carboxylic acids is 1. The summed E-state index contributed by atoms with van der Waals surface area (Å²) in [5.74, 6) is 1.74. The largest absolute Gasteiger partial charge is 0.469 e. The number of nitrogens with one attached hydrogen (secondary N) is 2. The molecule has 1 aromatic heterocycles. The highest BCUT2D eigenvalue weighted by molar-refractivity contribution is 5.94. The molecule has 1 aromatic carbocycles. The zero-order chi connectivity index (χ0) is 21.6. The molecule has 1 amide bonds. The van der Waals surface area contributed by atoms with E-state index in [0.717, 1.165) is 56.2 Å². The monoisotopic (exact) mass is 414 g/mol. The minimum Gasteiger partial charge on any atom is -0.469 e. The van der Waals surface area contributed by atoms with Crippen LogP contribution in [0.3, 0.4) is 0 Å². The normalized spacial score (nSPS) is 11.4. The van der Waals surface area contributed by atoms with Crippen molar-refractivity contribution in [3.05, 3.63) is 59.5 Å². The summed E-state index contributed by atoms with van der Waals surface area (Å²) in [5, 5.41) is 6.74. The van der Waals surface area contributed by atoms with Gasteiger partial charge in [0.2, 0.25) is 0 Å². The molecule has 0 atom stereocenters. The van der Waals surface area contributed by atoms with Gasteiger partial charge in [0, 0.05) is 58.9 Å². The summed E-state index contributed by atoms with van der Waals surface area (Å²) in [7, 11) is 3.53. The molecule has 0 aliphatic rings. The minimum absolute atomic E-state index is 0.0148. The van der Waals surface area contributed by atoms with Gasteiger partial charge >= 0.3 is 0 Å². The van der Waals surface area contributed by atoms with Crippen LogP contribution in [0.5, 0.6) is 0 Å². The van der Waals surface area contributed by atoms with E-state index in [1.807, 2.05) is 43.3 Å². The molecule has 0 saturated heterocycles. The third kappa shape index (κ3) is 8.69. The molecular formula is C23H34N4O3. The van der Waals surface area contributed by atoms with Crippen molar-refractivity contribution in [2.24, 2.45) is 4.99 Å². The third-order valence-electron chi connectivity index (χ3n) is 4.45. The van der Waals surface area contributed by atoms with E-state index < -0.39 is 0 Å². The van der Waals surface area contributed by atoms with E-state index in [-0.39, 0.29) is 5.91 Å². The Hall–Kier alpha value is -2.80. The van der Waals surface area contributed by atoms with Crippen LogP contribution in [0.4, 0.5) is 0 Å². The summed E-state index contributed by atoms with van der Waals surface area (Å²) >= 11 is 0. The number of amides is 1. The molecule has 2 N–H and O–H groups in total. The lowest BCUT2D eigenvalue weighted by Crippen LogP contribution is -2.39. The zero-order valence-corrected chi connectivity index (χ0v) is 18.3. The number of benzene rings is 1. The Bertz CT molecular complexity index is 773. The fourth-order valence-electron chi connectivity index (χ4n) is 2.88. The first-order chi connectivity index (χ1) is 14.6. The number of carbonyl (C=O) groups is 1. The molecule has 0 unspecified atom stereocenters. The van der Waals surface area contributed by atoms with Gasteiger partial charge in [-0.2, -0.15) is 0 Å². The SMILES string of the molecule is CCOCCCN=C(NCCc1cccc(C(=O)N(C)C)c1)NCCc1ccco1. The molecule has 30 heavy (non-hydrogen) atoms. The highest BCUT2D eigenvalue weighted by Gasteiger charge is 2.08. The molecule has 0 aliphatic heterocycles. The van der Waals surface area contributed by atoms with Crippen LogP contribution in [-0.4, -0.2) is 63.7 Å². The first kappa shape index (κ1) is 23.5. The van der Waals surface area contributed by atoms with Crippen molar-refractivity contribution in [1.82, 2.24) is 15.5 Å². The molecule has 7 nitrogen and oxygen atoms in total. The third-order valence-corrected chi connectivity index (χ3v) is 4.45. The van der Waals surface area contributed by atoms with E-state index in [1.165, 1.54) is 0 Å². The Balaban J connectivity index is 1.85. The molecule has 0 aliphatic carbocycles. The van der Waals surface area contributed by atoms with E-state index >= 15 is 0 Å². The quantitative estimate of drug-likeness (QED) is 0.317. The van der Waals surface area contributed by atoms with Gasteiger partial charge in [-0.25, -0.2) is 0 Å². The average molecular weight is 415 g/mol. The van der Waals surface area contributed by atoms with Gasteiger partial charge in [-0.1, -0.05) is 12.1 Å². The van der Waals surface area contributed by atoms with Crippen molar-refractivity contribution in [1.29, 1.82) is 0 Å². The second kappa shape index (κ2) is 13.4. The van der Waals surface area contributed by atoms with E-state index in [9.17, 15) is 4.79 Å². The van der Waals surface area contributed by atoms with Gasteiger partial charge in [0.1, 0.15) is 5.76 Å². The van der Waals surface area contributed by atoms with Crippen LogP contribution in [0.25, 0.3) is 0 Å². The van der Waals surface area contributed by atoms with Crippen LogP contribution in [-0.2, 0) is 17.6 Å². The van der Waals surface area contributed by atoms with Gasteiger partial charge in [0.15, 0.2) is 5.96 Å². The summed E-state index contributed by atoms with van der Waals surface area (Å²) in [4.78, 5) is 18.4. The number of nitrogens with zero attached hydrogens (tertiary/aromatic N) is 2. The first-order valence-electron chi connectivity index (χ1n) is 10.5. The molecule has 2 rings (SSSR count). The number of hydrogen-bond acceptors (Lipinski definition) is 4. The Kier molecular flexibility index (Phi) is 10.5. The number of guanidine groups is 1. The van der Waals surface area contributed by atoms with E-state index in [0.29, 0.717) is 18.7 Å². The Morgan fingerprint density at radius 3 is 2.63 bits per heavy atom. The van der Waals surface area contributed by atoms with Crippen molar-refractivity contribution in [2.45, 2.75) is 26.2 Å². The van der Waals surface area contributed by atoms with Gasteiger partial charge in [0.05, 0.1) is 6.26 Å². The Morgan fingerprint density at radius 1 is 1.13 bits per heavy atom. The molecule has 0 spiro atoms. The van der Waals surface area contributed by atoms with Gasteiger partial charge in [0.25, 0.3) is 5.91 Å². The first-order valence-corrected chi connectivity index (χ1v) is 10.5. The summed E-state index contributed by atoms with van der Waals surface area (Å²) in [6.07, 6.45) is 4.16. The molecule has 164 valence electrons. The highest BCUT2D eigenvalue weighted by Crippen LogP contribution is 2.07. The summed E-state index contributed by atoms with van der Waals surface area (Å²) in [5.41, 5.74) is 1.82. The molecule has 0 bridgehead atoms. The molecular weight excluding hydrogens is 380 g/mol. The lowest BCUT2D eigenvalue weighted by atomic mass is 10.1. The second-order valence-corrected chi connectivity index (χ2v) is 7.11. The lowest BCUT2D eigenvalue weighted by Gasteiger charge is -2.13. The maximum absolute atomic E-state index is 12.2. The second-order valence-electron chi connectivity index (χ2n) is 7.11. The number of rotatable bonds is 12. The minimum atomic E-state index is 0.0148. The Morgan fingerprint density at radius 2 is 1.93 bits per heavy atom. The number of furan rings is 1. The fraction of sp³-hybridized carbons (Fsp3) is 0.478. The predicted octanol–water partition coefficient (Wildman–Crippen LogP) is 2.73. The summed E-state index contributed by atoms with van der Waals surface area (Å²) in [6, 6.07) is 11.6. The number of ether oxygens (including phenoxy) is 1. The number of hydrogen-bond donors (Lipinski definition) is 2. The molecule has 7 heteroatoms. The van der Waals surface area contributed by atoms with Crippen molar-refractivity contribution in [3.63, 3.8) is 0 Å². The highest BCUT2D eigenvalue weighted by atomic mass is 16.5. The average Bonchev–Trinajstić information content (AvgIpc) is 3.26. The Labute approximate surface area is 179 Å². The topological polar surface area (TPSA) is 79.1 Å². The van der Waals surface area contributed by atoms with Gasteiger partial charge in [-0.3, -0.25) is 9.79 Å². The lowest BCUT2D eigenvalue weighted by molar-refractivity contribution is 0.0827. The van der Waals surface area contributed by atoms with Gasteiger partial charge in [-0.05, 0) is 49.6 Å². The van der Waals surface area contributed by atoms with Crippen molar-refractivity contribution in [3.8, 4) is 0 Å².